The van der Waals surface area contributed by atoms with E-state index in [2.05, 4.69) is 22.8 Å². The van der Waals surface area contributed by atoms with E-state index in [0.717, 1.165) is 25.8 Å². The van der Waals surface area contributed by atoms with Gasteiger partial charge in [0.25, 0.3) is 0 Å². The van der Waals surface area contributed by atoms with Gasteiger partial charge in [0.15, 0.2) is 0 Å². The number of carbonyl (C=O) groups is 1. The quantitative estimate of drug-likeness (QED) is 0.783. The summed E-state index contributed by atoms with van der Waals surface area (Å²) in [5.41, 5.74) is 0. The second-order valence-electron chi connectivity index (χ2n) is 3.39. The van der Waals surface area contributed by atoms with Gasteiger partial charge in [0, 0.05) is 17.3 Å². The Kier molecular flexibility index (Phi) is 2.64. The van der Waals surface area contributed by atoms with Gasteiger partial charge in [-0.05, 0) is 30.7 Å². The van der Waals surface area contributed by atoms with Crippen molar-refractivity contribution in [2.75, 3.05) is 6.54 Å². The average Bonchev–Trinajstić information content (AvgIpc) is 2.72. The topological polar surface area (TPSA) is 29.1 Å². The maximum atomic E-state index is 11.2. The van der Waals surface area contributed by atoms with Crippen LogP contribution >= 0.6 is 11.3 Å². The normalized spacial score (nSPS) is 21.8. The minimum atomic E-state index is 0.247. The lowest BCUT2D eigenvalue weighted by Gasteiger charge is -2.03. The highest BCUT2D eigenvalue weighted by atomic mass is 32.1. The summed E-state index contributed by atoms with van der Waals surface area (Å²) in [6, 6.07) is 4.20. The Labute approximate surface area is 82.0 Å². The molecule has 0 radical (unpaired) electrons. The molecular weight excluding hydrogens is 182 g/mol. The molecule has 13 heavy (non-hydrogen) atoms. The molecule has 1 saturated heterocycles. The lowest BCUT2D eigenvalue weighted by molar-refractivity contribution is -0.122. The van der Waals surface area contributed by atoms with Crippen LogP contribution in [0.2, 0.25) is 0 Å². The predicted molar refractivity (Wildman–Crippen MR) is 53.8 cm³/mol. The SMILES string of the molecule is O=C1NCCC1CCc1cccs1. The number of carbonyl (C=O) groups excluding carboxylic acids is 1. The zero-order valence-corrected chi connectivity index (χ0v) is 8.27. The maximum absolute atomic E-state index is 11.2. The van der Waals surface area contributed by atoms with Crippen LogP contribution in [0.1, 0.15) is 17.7 Å². The van der Waals surface area contributed by atoms with Crippen molar-refractivity contribution in [3.8, 4) is 0 Å². The number of hydrogen-bond acceptors (Lipinski definition) is 2. The molecule has 70 valence electrons. The van der Waals surface area contributed by atoms with Crippen LogP contribution in [0.25, 0.3) is 0 Å². The molecule has 1 N–H and O–H groups in total. The molecule has 1 amide bonds. The Balaban J connectivity index is 1.82. The summed E-state index contributed by atoms with van der Waals surface area (Å²) in [5.74, 6) is 0.513. The average molecular weight is 195 g/mol. The molecule has 1 atom stereocenters. The Morgan fingerprint density at radius 1 is 1.62 bits per heavy atom. The first-order valence-corrected chi connectivity index (χ1v) is 5.54. The van der Waals surface area contributed by atoms with Gasteiger partial charge in [-0.15, -0.1) is 11.3 Å². The van der Waals surface area contributed by atoms with E-state index in [1.54, 1.807) is 11.3 Å². The molecule has 0 aliphatic carbocycles. The summed E-state index contributed by atoms with van der Waals surface area (Å²) in [4.78, 5) is 12.6. The molecule has 2 nitrogen and oxygen atoms in total. The van der Waals surface area contributed by atoms with Crippen molar-refractivity contribution in [3.63, 3.8) is 0 Å². The van der Waals surface area contributed by atoms with Gasteiger partial charge in [-0.3, -0.25) is 4.79 Å². The molecule has 1 aromatic heterocycles. The van der Waals surface area contributed by atoms with Crippen LogP contribution in [0.15, 0.2) is 17.5 Å². The number of rotatable bonds is 3. The van der Waals surface area contributed by atoms with E-state index in [4.69, 9.17) is 0 Å². The molecule has 0 spiro atoms. The fourth-order valence-corrected chi connectivity index (χ4v) is 2.42. The number of aryl methyl sites for hydroxylation is 1. The third-order valence-electron chi connectivity index (χ3n) is 2.48. The predicted octanol–water partition coefficient (Wildman–Crippen LogP) is 1.82. The number of hydrogen-bond donors (Lipinski definition) is 1. The fourth-order valence-electron chi connectivity index (χ4n) is 1.69. The lowest BCUT2D eigenvalue weighted by atomic mass is 10.0. The highest BCUT2D eigenvalue weighted by Crippen LogP contribution is 2.19. The first-order chi connectivity index (χ1) is 6.36. The number of thiophene rings is 1. The minimum absolute atomic E-state index is 0.247. The highest BCUT2D eigenvalue weighted by Gasteiger charge is 2.23. The molecule has 2 rings (SSSR count). The molecule has 3 heteroatoms. The third kappa shape index (κ3) is 2.10. The van der Waals surface area contributed by atoms with Gasteiger partial charge in [-0.1, -0.05) is 6.07 Å². The van der Waals surface area contributed by atoms with E-state index in [1.807, 2.05) is 0 Å². The van der Waals surface area contributed by atoms with Gasteiger partial charge >= 0.3 is 0 Å². The molecule has 2 heterocycles. The van der Waals surface area contributed by atoms with Crippen LogP contribution in [0.5, 0.6) is 0 Å². The zero-order valence-electron chi connectivity index (χ0n) is 7.45. The van der Waals surface area contributed by atoms with Gasteiger partial charge in [0.1, 0.15) is 0 Å². The molecule has 1 aliphatic rings. The van der Waals surface area contributed by atoms with Crippen LogP contribution < -0.4 is 5.32 Å². The fraction of sp³-hybridized carbons (Fsp3) is 0.500. The summed E-state index contributed by atoms with van der Waals surface area (Å²) >= 11 is 1.78. The summed E-state index contributed by atoms with van der Waals surface area (Å²) in [7, 11) is 0. The lowest BCUT2D eigenvalue weighted by Crippen LogP contribution is -2.19. The molecule has 0 aromatic carbocycles. The summed E-state index contributed by atoms with van der Waals surface area (Å²) in [6.07, 6.45) is 3.08. The molecule has 1 unspecified atom stereocenters. The van der Waals surface area contributed by atoms with E-state index in [9.17, 15) is 4.79 Å². The monoisotopic (exact) mass is 195 g/mol. The van der Waals surface area contributed by atoms with E-state index < -0.39 is 0 Å². The number of amides is 1. The van der Waals surface area contributed by atoms with Crippen LogP contribution in [0, 0.1) is 5.92 Å². The standard InChI is InChI=1S/C10H13NOS/c12-10-8(5-6-11-10)3-4-9-2-1-7-13-9/h1-2,7-8H,3-6H2,(H,11,12). The Bertz CT molecular complexity index is 281. The van der Waals surface area contributed by atoms with Gasteiger partial charge in [0.2, 0.25) is 5.91 Å². The third-order valence-corrected chi connectivity index (χ3v) is 3.42. The first kappa shape index (κ1) is 8.75. The van der Waals surface area contributed by atoms with Crippen molar-refractivity contribution in [1.82, 2.24) is 5.32 Å². The zero-order chi connectivity index (χ0) is 9.10. The van der Waals surface area contributed by atoms with E-state index >= 15 is 0 Å². The van der Waals surface area contributed by atoms with Gasteiger partial charge in [-0.2, -0.15) is 0 Å². The largest absolute Gasteiger partial charge is 0.356 e. The highest BCUT2D eigenvalue weighted by molar-refractivity contribution is 7.09. The molecule has 0 saturated carbocycles. The van der Waals surface area contributed by atoms with Crippen LogP contribution in [0.3, 0.4) is 0 Å². The Hall–Kier alpha value is -0.830. The van der Waals surface area contributed by atoms with E-state index in [0.29, 0.717) is 0 Å². The Morgan fingerprint density at radius 3 is 3.15 bits per heavy atom. The van der Waals surface area contributed by atoms with Crippen molar-refractivity contribution in [2.24, 2.45) is 5.92 Å². The van der Waals surface area contributed by atoms with Gasteiger partial charge in [0.05, 0.1) is 0 Å². The van der Waals surface area contributed by atoms with Gasteiger partial charge < -0.3 is 5.32 Å². The van der Waals surface area contributed by atoms with E-state index in [1.165, 1.54) is 4.88 Å². The first-order valence-electron chi connectivity index (χ1n) is 4.66. The van der Waals surface area contributed by atoms with Crippen molar-refractivity contribution < 1.29 is 4.79 Å². The van der Waals surface area contributed by atoms with Crippen LogP contribution in [0.4, 0.5) is 0 Å². The summed E-state index contributed by atoms with van der Waals surface area (Å²) < 4.78 is 0. The minimum Gasteiger partial charge on any atom is -0.356 e. The number of nitrogens with one attached hydrogen (secondary N) is 1. The van der Waals surface area contributed by atoms with Crippen molar-refractivity contribution >= 4 is 17.2 Å². The maximum Gasteiger partial charge on any atom is 0.223 e. The van der Waals surface area contributed by atoms with Crippen molar-refractivity contribution in [1.29, 1.82) is 0 Å². The summed E-state index contributed by atoms with van der Waals surface area (Å²) in [5, 5.41) is 4.95. The second kappa shape index (κ2) is 3.92. The molecule has 1 fully saturated rings. The van der Waals surface area contributed by atoms with Crippen molar-refractivity contribution in [3.05, 3.63) is 22.4 Å². The van der Waals surface area contributed by atoms with Crippen LogP contribution in [-0.4, -0.2) is 12.5 Å². The smallest absolute Gasteiger partial charge is 0.223 e. The van der Waals surface area contributed by atoms with Crippen LogP contribution in [-0.2, 0) is 11.2 Å². The Morgan fingerprint density at radius 2 is 2.54 bits per heavy atom. The second-order valence-corrected chi connectivity index (χ2v) is 4.43. The summed E-state index contributed by atoms with van der Waals surface area (Å²) in [6.45, 7) is 0.869. The molecule has 1 aliphatic heterocycles. The van der Waals surface area contributed by atoms with Gasteiger partial charge in [-0.25, -0.2) is 0 Å². The van der Waals surface area contributed by atoms with Crippen molar-refractivity contribution in [2.45, 2.75) is 19.3 Å². The molecular formula is C10H13NOS. The molecule has 0 bridgehead atoms. The molecule has 1 aromatic rings. The van der Waals surface area contributed by atoms with E-state index in [-0.39, 0.29) is 11.8 Å².